The number of piperidine rings is 1. The Hall–Kier alpha value is -3.56. The van der Waals surface area contributed by atoms with Crippen LogP contribution in [0.25, 0.3) is 0 Å². The van der Waals surface area contributed by atoms with Crippen LogP contribution in [0.2, 0.25) is 5.02 Å². The molecule has 1 aromatic heterocycles. The minimum absolute atomic E-state index is 0.0525. The van der Waals surface area contributed by atoms with Crippen LogP contribution in [0.15, 0.2) is 48.7 Å². The van der Waals surface area contributed by atoms with Crippen LogP contribution in [0.3, 0.4) is 0 Å². The Balaban J connectivity index is 1.53. The fourth-order valence-corrected chi connectivity index (χ4v) is 4.53. The molecule has 0 saturated carbocycles. The van der Waals surface area contributed by atoms with Crippen LogP contribution in [0.4, 0.5) is 28.8 Å². The van der Waals surface area contributed by atoms with Crippen molar-refractivity contribution in [2.75, 3.05) is 49.3 Å². The quantitative estimate of drug-likeness (QED) is 0.348. The Labute approximate surface area is 223 Å². The largest absolute Gasteiger partial charge is 0.492 e. The van der Waals surface area contributed by atoms with Gasteiger partial charge in [0.15, 0.2) is 5.82 Å². The number of aromatic nitrogens is 2. The molecule has 0 atom stereocenters. The number of primary amides is 1. The summed E-state index contributed by atoms with van der Waals surface area (Å²) >= 11 is 6.44. The highest BCUT2D eigenvalue weighted by Gasteiger charge is 2.24. The average molecular weight is 524 g/mol. The van der Waals surface area contributed by atoms with Gasteiger partial charge in [0.2, 0.25) is 11.9 Å². The number of carbonyl (C=O) groups is 1. The van der Waals surface area contributed by atoms with E-state index in [-0.39, 0.29) is 11.8 Å². The van der Waals surface area contributed by atoms with Gasteiger partial charge in [-0.2, -0.15) is 4.98 Å². The molecular formula is C27H34ClN7O2. The van der Waals surface area contributed by atoms with Crippen molar-refractivity contribution in [3.05, 3.63) is 59.2 Å². The number of halogens is 1. The molecule has 0 radical (unpaired) electrons. The number of rotatable bonds is 10. The van der Waals surface area contributed by atoms with E-state index in [2.05, 4.69) is 36.5 Å². The summed E-state index contributed by atoms with van der Waals surface area (Å²) < 4.78 is 5.94. The Bertz CT molecular complexity index is 1230. The van der Waals surface area contributed by atoms with E-state index in [4.69, 9.17) is 22.1 Å². The van der Waals surface area contributed by atoms with Crippen molar-refractivity contribution in [3.63, 3.8) is 0 Å². The second kappa shape index (κ2) is 12.1. The Morgan fingerprint density at radius 2 is 1.92 bits per heavy atom. The summed E-state index contributed by atoms with van der Waals surface area (Å²) in [5, 5.41) is 7.05. The molecular weight excluding hydrogens is 490 g/mol. The number of benzene rings is 2. The molecule has 1 saturated heterocycles. The molecule has 1 aliphatic heterocycles. The van der Waals surface area contributed by atoms with E-state index >= 15 is 0 Å². The lowest BCUT2D eigenvalue weighted by molar-refractivity contribution is -0.122. The smallest absolute Gasteiger partial charge is 0.229 e. The van der Waals surface area contributed by atoms with Crippen LogP contribution >= 0.6 is 11.6 Å². The molecule has 196 valence electrons. The van der Waals surface area contributed by atoms with E-state index in [1.54, 1.807) is 6.20 Å². The molecule has 0 spiro atoms. The summed E-state index contributed by atoms with van der Waals surface area (Å²) in [7, 11) is 4.06. The molecule has 1 fully saturated rings. The summed E-state index contributed by atoms with van der Waals surface area (Å²) in [4.78, 5) is 24.9. The van der Waals surface area contributed by atoms with E-state index in [1.807, 2.05) is 57.4 Å². The van der Waals surface area contributed by atoms with Crippen LogP contribution in [0, 0.1) is 5.92 Å². The topological polar surface area (TPSA) is 109 Å². The van der Waals surface area contributed by atoms with Crippen molar-refractivity contribution >= 4 is 46.3 Å². The molecule has 4 rings (SSSR count). The predicted octanol–water partition coefficient (Wildman–Crippen LogP) is 4.78. The van der Waals surface area contributed by atoms with Crippen LogP contribution in [-0.4, -0.2) is 54.6 Å². The number of para-hydroxylation sites is 1. The van der Waals surface area contributed by atoms with Crippen LogP contribution in [0.5, 0.6) is 5.75 Å². The molecule has 1 amide bonds. The predicted molar refractivity (Wildman–Crippen MR) is 149 cm³/mol. The normalized spacial score (nSPS) is 14.0. The van der Waals surface area contributed by atoms with E-state index in [0.717, 1.165) is 55.1 Å². The van der Waals surface area contributed by atoms with Gasteiger partial charge in [-0.15, -0.1) is 0 Å². The Kier molecular flexibility index (Phi) is 8.68. The van der Waals surface area contributed by atoms with Crippen molar-refractivity contribution in [1.29, 1.82) is 0 Å². The van der Waals surface area contributed by atoms with Gasteiger partial charge in [0.05, 0.1) is 18.5 Å². The standard InChI is InChI=1S/C27H34ClN7O2/c1-4-37-24-15-20(35-13-11-18(12-14-35)25(29)36)9-10-23(24)32-27-30-16-21(28)26(33-27)31-22-8-6-5-7-19(22)17-34(2)3/h5-10,15-16,18H,4,11-14,17H2,1-3H3,(H2,29,36)(H2,30,31,32,33). The second-order valence-corrected chi connectivity index (χ2v) is 9.72. The van der Waals surface area contributed by atoms with Gasteiger partial charge >= 0.3 is 0 Å². The van der Waals surface area contributed by atoms with E-state index in [0.29, 0.717) is 29.1 Å². The fourth-order valence-electron chi connectivity index (χ4n) is 4.39. The third-order valence-corrected chi connectivity index (χ3v) is 6.55. The summed E-state index contributed by atoms with van der Waals surface area (Å²) in [5.74, 6) is 1.34. The number of carbonyl (C=O) groups excluding carboxylic acids is 1. The Morgan fingerprint density at radius 3 is 2.62 bits per heavy atom. The highest BCUT2D eigenvalue weighted by molar-refractivity contribution is 6.32. The molecule has 0 unspecified atom stereocenters. The van der Waals surface area contributed by atoms with Gasteiger partial charge in [0.1, 0.15) is 10.8 Å². The van der Waals surface area contributed by atoms with Crippen molar-refractivity contribution in [3.8, 4) is 5.75 Å². The van der Waals surface area contributed by atoms with Gasteiger partial charge in [-0.25, -0.2) is 4.98 Å². The number of amides is 1. The van der Waals surface area contributed by atoms with Crippen molar-refractivity contribution in [2.24, 2.45) is 11.7 Å². The molecule has 37 heavy (non-hydrogen) atoms. The molecule has 10 heteroatoms. The first-order valence-corrected chi connectivity index (χ1v) is 12.8. The zero-order valence-electron chi connectivity index (χ0n) is 21.5. The van der Waals surface area contributed by atoms with E-state index in [9.17, 15) is 4.79 Å². The van der Waals surface area contributed by atoms with Crippen LogP contribution < -0.4 is 26.0 Å². The number of nitrogens with zero attached hydrogens (tertiary/aromatic N) is 4. The maximum absolute atomic E-state index is 11.5. The highest BCUT2D eigenvalue weighted by Crippen LogP contribution is 2.34. The molecule has 3 aromatic rings. The molecule has 1 aliphatic rings. The van der Waals surface area contributed by atoms with Gasteiger partial charge in [-0.1, -0.05) is 29.8 Å². The summed E-state index contributed by atoms with van der Waals surface area (Å²) in [6.45, 7) is 4.79. The number of hydrogen-bond acceptors (Lipinski definition) is 8. The average Bonchev–Trinajstić information content (AvgIpc) is 2.88. The zero-order valence-corrected chi connectivity index (χ0v) is 22.3. The number of ether oxygens (including phenoxy) is 1. The van der Waals surface area contributed by atoms with Gasteiger partial charge in [-0.05, 0) is 57.6 Å². The monoisotopic (exact) mass is 523 g/mol. The highest BCUT2D eigenvalue weighted by atomic mass is 35.5. The summed E-state index contributed by atoms with van der Waals surface area (Å²) in [6, 6.07) is 14.0. The lowest BCUT2D eigenvalue weighted by Gasteiger charge is -2.32. The van der Waals surface area contributed by atoms with E-state index in [1.165, 1.54) is 0 Å². The summed E-state index contributed by atoms with van der Waals surface area (Å²) in [6.07, 6.45) is 3.09. The minimum Gasteiger partial charge on any atom is -0.492 e. The second-order valence-electron chi connectivity index (χ2n) is 9.31. The van der Waals surface area contributed by atoms with Crippen LogP contribution in [-0.2, 0) is 11.3 Å². The fraction of sp³-hybridized carbons (Fsp3) is 0.370. The molecule has 0 aliphatic carbocycles. The zero-order chi connectivity index (χ0) is 26.4. The third-order valence-electron chi connectivity index (χ3n) is 6.28. The molecule has 2 heterocycles. The van der Waals surface area contributed by atoms with Gasteiger partial charge in [-0.3, -0.25) is 4.79 Å². The van der Waals surface area contributed by atoms with E-state index < -0.39 is 0 Å². The first-order chi connectivity index (χ1) is 17.8. The van der Waals surface area contributed by atoms with Crippen molar-refractivity contribution in [2.45, 2.75) is 26.3 Å². The van der Waals surface area contributed by atoms with Crippen LogP contribution in [0.1, 0.15) is 25.3 Å². The van der Waals surface area contributed by atoms with Gasteiger partial charge in [0, 0.05) is 43.0 Å². The number of anilines is 5. The van der Waals surface area contributed by atoms with Crippen molar-refractivity contribution in [1.82, 2.24) is 14.9 Å². The number of hydrogen-bond donors (Lipinski definition) is 3. The van der Waals surface area contributed by atoms with Gasteiger partial charge < -0.3 is 30.9 Å². The molecule has 0 bridgehead atoms. The van der Waals surface area contributed by atoms with Gasteiger partial charge in [0.25, 0.3) is 0 Å². The lowest BCUT2D eigenvalue weighted by atomic mass is 9.96. The Morgan fingerprint density at radius 1 is 1.16 bits per heavy atom. The first kappa shape index (κ1) is 26.5. The minimum atomic E-state index is -0.216. The molecule has 2 aromatic carbocycles. The number of nitrogens with one attached hydrogen (secondary N) is 2. The summed E-state index contributed by atoms with van der Waals surface area (Å²) in [5.41, 5.74) is 9.33. The maximum Gasteiger partial charge on any atom is 0.229 e. The van der Waals surface area contributed by atoms with Crippen molar-refractivity contribution < 1.29 is 9.53 Å². The molecule has 4 N–H and O–H groups in total. The third kappa shape index (κ3) is 6.81. The first-order valence-electron chi connectivity index (χ1n) is 12.4. The lowest BCUT2D eigenvalue weighted by Crippen LogP contribution is -2.38. The SMILES string of the molecule is CCOc1cc(N2CCC(C(N)=O)CC2)ccc1Nc1ncc(Cl)c(Nc2ccccc2CN(C)C)n1. The maximum atomic E-state index is 11.5. The molecule has 9 nitrogen and oxygen atoms in total. The number of nitrogens with two attached hydrogens (primary N) is 1.